The molecule has 3 rings (SSSR count). The van der Waals surface area contributed by atoms with Gasteiger partial charge in [0.1, 0.15) is 0 Å². The van der Waals surface area contributed by atoms with Crippen LogP contribution in [0.2, 0.25) is 0 Å². The van der Waals surface area contributed by atoms with Gasteiger partial charge in [0.25, 0.3) is 10.0 Å². The lowest BCUT2D eigenvalue weighted by Gasteiger charge is -2.31. The van der Waals surface area contributed by atoms with E-state index >= 15 is 0 Å². The minimum absolute atomic E-state index is 0.0799. The second-order valence-electron chi connectivity index (χ2n) is 6.68. The molecule has 1 saturated heterocycles. The molecule has 26 heavy (non-hydrogen) atoms. The Labute approximate surface area is 154 Å². The lowest BCUT2D eigenvalue weighted by atomic mass is 10.2. The molecule has 0 bridgehead atoms. The van der Waals surface area contributed by atoms with Crippen molar-refractivity contribution in [2.45, 2.75) is 11.8 Å². The Morgan fingerprint density at radius 1 is 1.08 bits per heavy atom. The molecule has 138 valence electrons. The van der Waals surface area contributed by atoms with Crippen molar-refractivity contribution in [2.75, 3.05) is 42.8 Å². The molecule has 0 aliphatic carbocycles. The van der Waals surface area contributed by atoms with Crippen molar-refractivity contribution in [3.05, 3.63) is 54.1 Å². The third-order valence-corrected chi connectivity index (χ3v) is 6.03. The lowest BCUT2D eigenvalue weighted by Crippen LogP contribution is -3.12. The number of rotatable bonds is 5. The number of ketones is 1. The Morgan fingerprint density at radius 3 is 2.35 bits per heavy atom. The first-order valence-corrected chi connectivity index (χ1v) is 10.1. The Hall–Kier alpha value is -2.38. The van der Waals surface area contributed by atoms with E-state index < -0.39 is 10.0 Å². The summed E-state index contributed by atoms with van der Waals surface area (Å²) in [6.45, 7) is 5.60. The van der Waals surface area contributed by atoms with Gasteiger partial charge in [0, 0.05) is 16.9 Å². The van der Waals surface area contributed by atoms with Crippen LogP contribution in [0.3, 0.4) is 0 Å². The first kappa shape index (κ1) is 18.4. The van der Waals surface area contributed by atoms with E-state index in [9.17, 15) is 13.2 Å². The zero-order valence-corrected chi connectivity index (χ0v) is 15.8. The zero-order valence-electron chi connectivity index (χ0n) is 15.0. The number of anilines is 2. The summed E-state index contributed by atoms with van der Waals surface area (Å²) in [5.74, 6) is -0.166. The summed E-state index contributed by atoms with van der Waals surface area (Å²) in [5.41, 5.74) is 1.97. The van der Waals surface area contributed by atoms with Crippen LogP contribution in [0.15, 0.2) is 53.4 Å². The summed E-state index contributed by atoms with van der Waals surface area (Å²) in [6.07, 6.45) is 0. The Balaban J connectivity index is 1.74. The molecule has 2 N–H and O–H groups in total. The van der Waals surface area contributed by atoms with Gasteiger partial charge >= 0.3 is 0 Å². The number of hydrogen-bond acceptors (Lipinski definition) is 4. The van der Waals surface area contributed by atoms with E-state index in [2.05, 4.69) is 16.7 Å². The fraction of sp³-hybridized carbons (Fsp3) is 0.316. The van der Waals surface area contributed by atoms with Crippen LogP contribution in [0.4, 0.5) is 11.4 Å². The van der Waals surface area contributed by atoms with E-state index in [0.717, 1.165) is 31.9 Å². The molecule has 0 aromatic heterocycles. The topological polar surface area (TPSA) is 70.9 Å². The standard InChI is InChI=1S/C19H23N3O3S/c1-15(23)16-4-3-5-19(14-16)26(24,25)20-17-6-8-18(9-7-17)22-12-10-21(2)11-13-22/h3-9,14,20H,10-13H2,1-2H3/p+1. The van der Waals surface area contributed by atoms with Gasteiger partial charge in [-0.15, -0.1) is 0 Å². The van der Waals surface area contributed by atoms with Crippen molar-refractivity contribution >= 4 is 27.2 Å². The Bertz CT molecular complexity index is 887. The Morgan fingerprint density at radius 2 is 1.73 bits per heavy atom. The first-order chi connectivity index (χ1) is 12.3. The average molecular weight is 374 g/mol. The van der Waals surface area contributed by atoms with Gasteiger partial charge in [0.2, 0.25) is 0 Å². The molecule has 2 aromatic rings. The van der Waals surface area contributed by atoms with E-state index in [1.54, 1.807) is 24.3 Å². The molecule has 1 aliphatic rings. The molecule has 0 saturated carbocycles. The summed E-state index contributed by atoms with van der Waals surface area (Å²) >= 11 is 0. The maximum absolute atomic E-state index is 12.6. The molecular weight excluding hydrogens is 350 g/mol. The van der Waals surface area contributed by atoms with E-state index in [-0.39, 0.29) is 10.7 Å². The number of piperazine rings is 1. The molecule has 6 nitrogen and oxygen atoms in total. The van der Waals surface area contributed by atoms with E-state index in [4.69, 9.17) is 0 Å². The highest BCUT2D eigenvalue weighted by molar-refractivity contribution is 7.92. The number of sulfonamides is 1. The van der Waals surface area contributed by atoms with Crippen molar-refractivity contribution in [1.29, 1.82) is 0 Å². The van der Waals surface area contributed by atoms with Gasteiger partial charge in [-0.1, -0.05) is 12.1 Å². The fourth-order valence-corrected chi connectivity index (χ4v) is 4.09. The van der Waals surface area contributed by atoms with Crippen LogP contribution in [-0.2, 0) is 10.0 Å². The summed E-state index contributed by atoms with van der Waals surface area (Å²) in [4.78, 5) is 15.4. The number of carbonyl (C=O) groups is 1. The number of quaternary nitrogens is 1. The van der Waals surface area contributed by atoms with Crippen molar-refractivity contribution in [2.24, 2.45) is 0 Å². The van der Waals surface area contributed by atoms with Crippen molar-refractivity contribution in [3.63, 3.8) is 0 Å². The molecule has 1 aliphatic heterocycles. The minimum atomic E-state index is -3.73. The van der Waals surface area contributed by atoms with Crippen LogP contribution in [0.5, 0.6) is 0 Å². The molecule has 0 atom stereocenters. The molecule has 1 heterocycles. The fourth-order valence-electron chi connectivity index (χ4n) is 2.98. The van der Waals surface area contributed by atoms with Gasteiger partial charge in [-0.3, -0.25) is 9.52 Å². The Kier molecular flexibility index (Phi) is 5.29. The van der Waals surface area contributed by atoms with Gasteiger partial charge in [-0.25, -0.2) is 8.42 Å². The maximum Gasteiger partial charge on any atom is 0.261 e. The van der Waals surface area contributed by atoms with Gasteiger partial charge in [0.15, 0.2) is 5.78 Å². The van der Waals surface area contributed by atoms with Gasteiger partial charge in [-0.2, -0.15) is 0 Å². The number of benzene rings is 2. The van der Waals surface area contributed by atoms with Crippen molar-refractivity contribution in [3.8, 4) is 0 Å². The minimum Gasteiger partial charge on any atom is -0.360 e. The third-order valence-electron chi connectivity index (χ3n) is 4.65. The monoisotopic (exact) mass is 374 g/mol. The molecule has 0 radical (unpaired) electrons. The number of carbonyl (C=O) groups excluding carboxylic acids is 1. The van der Waals surface area contributed by atoms with Crippen LogP contribution in [0.1, 0.15) is 17.3 Å². The number of Topliss-reactive ketones (excluding diaryl/α,β-unsaturated/α-hetero) is 1. The van der Waals surface area contributed by atoms with Crippen LogP contribution >= 0.6 is 0 Å². The molecule has 7 heteroatoms. The zero-order chi connectivity index (χ0) is 18.7. The molecule has 1 fully saturated rings. The van der Waals surface area contributed by atoms with Crippen molar-refractivity contribution in [1.82, 2.24) is 0 Å². The SMILES string of the molecule is CC(=O)c1cccc(S(=O)(=O)Nc2ccc(N3CC[NH+](C)CC3)cc2)c1. The predicted octanol–water partition coefficient (Wildman–Crippen LogP) is 1.02. The summed E-state index contributed by atoms with van der Waals surface area (Å²) in [7, 11) is -1.54. The normalized spacial score (nSPS) is 15.7. The van der Waals surface area contributed by atoms with E-state index in [1.807, 2.05) is 12.1 Å². The van der Waals surface area contributed by atoms with Crippen molar-refractivity contribution < 1.29 is 18.1 Å². The summed E-state index contributed by atoms with van der Waals surface area (Å²) in [5, 5.41) is 0. The number of nitrogens with one attached hydrogen (secondary N) is 2. The molecule has 0 amide bonds. The second kappa shape index (κ2) is 7.47. The van der Waals surface area contributed by atoms with Crippen LogP contribution < -0.4 is 14.5 Å². The second-order valence-corrected chi connectivity index (χ2v) is 8.36. The highest BCUT2D eigenvalue weighted by atomic mass is 32.2. The molecule has 0 spiro atoms. The lowest BCUT2D eigenvalue weighted by molar-refractivity contribution is -0.880. The highest BCUT2D eigenvalue weighted by Crippen LogP contribution is 2.21. The quantitative estimate of drug-likeness (QED) is 0.767. The van der Waals surface area contributed by atoms with Crippen LogP contribution in [0, 0.1) is 0 Å². The number of nitrogens with zero attached hydrogens (tertiary/aromatic N) is 1. The van der Waals surface area contributed by atoms with Gasteiger partial charge in [-0.05, 0) is 43.3 Å². The average Bonchev–Trinajstić information content (AvgIpc) is 2.63. The smallest absolute Gasteiger partial charge is 0.261 e. The largest absolute Gasteiger partial charge is 0.360 e. The van der Waals surface area contributed by atoms with Gasteiger partial charge in [0.05, 0.1) is 38.1 Å². The van der Waals surface area contributed by atoms with Gasteiger partial charge < -0.3 is 9.80 Å². The maximum atomic E-state index is 12.6. The van der Waals surface area contributed by atoms with Crippen LogP contribution in [0.25, 0.3) is 0 Å². The first-order valence-electron chi connectivity index (χ1n) is 8.65. The summed E-state index contributed by atoms with van der Waals surface area (Å²) < 4.78 is 27.7. The third kappa shape index (κ3) is 4.23. The number of likely N-dealkylation sites (N-methyl/N-ethyl adjacent to an activating group) is 1. The number of hydrogen-bond donors (Lipinski definition) is 2. The molecule has 2 aromatic carbocycles. The van der Waals surface area contributed by atoms with E-state index in [0.29, 0.717) is 11.3 Å². The summed E-state index contributed by atoms with van der Waals surface area (Å²) in [6, 6.07) is 13.5. The molecule has 0 unspecified atom stereocenters. The van der Waals surface area contributed by atoms with Crippen LogP contribution in [-0.4, -0.2) is 47.4 Å². The molecular formula is C19H24N3O3S+. The predicted molar refractivity (Wildman–Crippen MR) is 103 cm³/mol. The van der Waals surface area contributed by atoms with E-state index in [1.165, 1.54) is 24.0 Å². The highest BCUT2D eigenvalue weighted by Gasteiger charge is 2.18.